The molecule has 4 saturated heterocycles. The summed E-state index contributed by atoms with van der Waals surface area (Å²) in [6.07, 6.45) is -16.4. The highest BCUT2D eigenvalue weighted by Gasteiger charge is 2.65. The van der Waals surface area contributed by atoms with E-state index >= 15 is 0 Å². The molecule has 66 heavy (non-hydrogen) atoms. The highest BCUT2D eigenvalue weighted by molar-refractivity contribution is 8.00. The van der Waals surface area contributed by atoms with Gasteiger partial charge in [-0.1, -0.05) is 18.6 Å². The van der Waals surface area contributed by atoms with Gasteiger partial charge in [-0.25, -0.2) is 4.79 Å². The first-order chi connectivity index (χ1) is 31.6. The van der Waals surface area contributed by atoms with Crippen LogP contribution < -0.4 is 31.5 Å². The summed E-state index contributed by atoms with van der Waals surface area (Å²) in [4.78, 5) is 41.6. The Morgan fingerprint density at radius 2 is 1.67 bits per heavy atom. The van der Waals surface area contributed by atoms with Gasteiger partial charge in [-0.2, -0.15) is 30.4 Å². The van der Waals surface area contributed by atoms with Crippen molar-refractivity contribution in [2.24, 2.45) is 10.2 Å². The van der Waals surface area contributed by atoms with Crippen molar-refractivity contribution < 1.29 is 91.5 Å². The molecule has 0 aromatic heterocycles. The number of hydrogen-bond acceptors (Lipinski definition) is 20. The summed E-state index contributed by atoms with van der Waals surface area (Å²) in [5.41, 5.74) is -0.311. The van der Waals surface area contributed by atoms with Gasteiger partial charge in [0.2, 0.25) is 11.8 Å². The number of amides is 4. The summed E-state index contributed by atoms with van der Waals surface area (Å²) < 4.78 is 75.5. The van der Waals surface area contributed by atoms with E-state index in [1.54, 1.807) is 0 Å². The Labute approximate surface area is 380 Å². The van der Waals surface area contributed by atoms with E-state index in [1.807, 2.05) is 11.8 Å². The van der Waals surface area contributed by atoms with E-state index in [0.29, 0.717) is 18.2 Å². The fraction of sp³-hybridized carbons (Fsp3) is 0.769. The maximum Gasteiger partial charge on any atom is 0.442 e. The van der Waals surface area contributed by atoms with Crippen LogP contribution in [0.15, 0.2) is 28.4 Å². The molecular weight excluding hydrogens is 912 g/mol. The van der Waals surface area contributed by atoms with Crippen LogP contribution in [0.5, 0.6) is 5.75 Å². The molecule has 1 aromatic carbocycles. The molecule has 0 bridgehead atoms. The van der Waals surface area contributed by atoms with Crippen LogP contribution in [0.2, 0.25) is 0 Å². The minimum absolute atomic E-state index is 0.00674. The predicted molar refractivity (Wildman–Crippen MR) is 219 cm³/mol. The Morgan fingerprint density at radius 3 is 2.36 bits per heavy atom. The second-order valence-electron chi connectivity index (χ2n) is 16.2. The molecular formula is C39H58F3N7O16S. The van der Waals surface area contributed by atoms with E-state index in [9.17, 15) is 58.2 Å². The number of thioether (sulfide) groups is 1. The number of hydroxylamine groups is 1. The Morgan fingerprint density at radius 1 is 0.939 bits per heavy atom. The van der Waals surface area contributed by atoms with E-state index in [1.165, 1.54) is 6.07 Å². The Hall–Kier alpha value is -3.55. The zero-order chi connectivity index (χ0) is 47.6. The summed E-state index contributed by atoms with van der Waals surface area (Å²) in [6.45, 7) is -0.0247. The molecule has 0 saturated carbocycles. The van der Waals surface area contributed by atoms with Crippen molar-refractivity contribution in [1.82, 2.24) is 26.7 Å². The lowest BCUT2D eigenvalue weighted by Gasteiger charge is -2.47. The topological polar surface area (TPSA) is 322 Å². The van der Waals surface area contributed by atoms with Crippen molar-refractivity contribution >= 4 is 29.6 Å². The third-order valence-corrected chi connectivity index (χ3v) is 13.0. The second-order valence-corrected chi connectivity index (χ2v) is 17.5. The molecule has 0 aliphatic carbocycles. The van der Waals surface area contributed by atoms with Crippen LogP contribution in [-0.2, 0) is 50.4 Å². The number of unbranched alkanes of at least 4 members (excludes halogenated alkanes) is 1. The second kappa shape index (κ2) is 23.6. The van der Waals surface area contributed by atoms with Crippen molar-refractivity contribution in [3.63, 3.8) is 0 Å². The molecule has 6 rings (SSSR count). The van der Waals surface area contributed by atoms with Gasteiger partial charge in [0.15, 0.2) is 12.5 Å². The van der Waals surface area contributed by atoms with Gasteiger partial charge in [0.25, 0.3) is 0 Å². The van der Waals surface area contributed by atoms with Crippen LogP contribution in [0.25, 0.3) is 0 Å². The van der Waals surface area contributed by atoms with Crippen LogP contribution in [0.1, 0.15) is 43.7 Å². The van der Waals surface area contributed by atoms with Crippen molar-refractivity contribution in [3.05, 3.63) is 29.3 Å². The normalized spacial score (nSPS) is 32.3. The summed E-state index contributed by atoms with van der Waals surface area (Å²) >= 11 is 1.83. The van der Waals surface area contributed by atoms with Gasteiger partial charge < -0.3 is 80.3 Å². The first kappa shape index (κ1) is 51.8. The van der Waals surface area contributed by atoms with E-state index in [0.717, 1.165) is 44.1 Å². The van der Waals surface area contributed by atoms with Crippen molar-refractivity contribution in [1.29, 1.82) is 0 Å². The molecule has 23 nitrogen and oxygen atoms in total. The number of halogens is 3. The molecule has 13 atom stereocenters. The number of fused-ring (bicyclic) bond motifs is 1. The minimum atomic E-state index is -4.82. The molecule has 5 aliphatic rings. The Bertz CT molecular complexity index is 1810. The Balaban J connectivity index is 0.938. The molecule has 0 spiro atoms. The summed E-state index contributed by atoms with van der Waals surface area (Å²) in [5, 5.41) is 79.9. The van der Waals surface area contributed by atoms with E-state index in [-0.39, 0.29) is 80.5 Å². The van der Waals surface area contributed by atoms with Crippen molar-refractivity contribution in [3.8, 4) is 5.75 Å². The van der Waals surface area contributed by atoms with Crippen LogP contribution >= 0.6 is 11.8 Å². The summed E-state index contributed by atoms with van der Waals surface area (Å²) in [5.74, 6) is 0.117. The SMILES string of the molecule is CC(=O)N[C@@H]1[C@@H](O)[C@H](O[C@@H]2O[C@H](CO)[C@H](O)[C@H](O)[C@H]2O)[C@@H](CO)O[C@H]1NOCc1ccc(C2(C(F)(F)F)N=N2)cc1OCCOCCOCCNC(=O)CCCC[C@@H]1SC[C@H]2NC(=O)N[C@@H]12. The van der Waals surface area contributed by atoms with E-state index in [4.69, 9.17) is 33.3 Å². The lowest BCUT2D eigenvalue weighted by molar-refractivity contribution is -0.340. The van der Waals surface area contributed by atoms with Gasteiger partial charge >= 0.3 is 17.9 Å². The maximum absolute atomic E-state index is 13.9. The number of benzene rings is 1. The number of aliphatic hydroxyl groups is 6. The standard InChI is InChI=1S/C39H58F3N7O16S/c1-19(52)44-29-31(55)34(65-36-33(57)32(56)30(54)24(15-50)64-36)25(16-51)63-35(29)47-62-17-20-6-7-21(38(48-49-38)39(40,41)42)14-23(20)61-13-12-60-11-10-59-9-8-43-27(53)5-3-2-4-26-28-22(18-66-26)45-37(58)46-28/h6-7,14,22,24-26,28-36,47,50-51,54-57H,2-5,8-13,15-18H2,1H3,(H,43,53)(H,44,52)(H2,45,46,58)/t22-,24-,25-,26+,28-,29-,30+,31-,32+,33-,34-,35-,36+/m1/s1. The number of urea groups is 1. The predicted octanol–water partition coefficient (Wildman–Crippen LogP) is -2.09. The molecule has 4 amide bonds. The molecule has 11 N–H and O–H groups in total. The zero-order valence-corrected chi connectivity index (χ0v) is 36.7. The lowest BCUT2D eigenvalue weighted by atomic mass is 9.95. The Kier molecular flexibility index (Phi) is 18.6. The average Bonchev–Trinajstić information content (AvgIpc) is 3.92. The average molecular weight is 970 g/mol. The van der Waals surface area contributed by atoms with E-state index in [2.05, 4.69) is 37.0 Å². The van der Waals surface area contributed by atoms with Gasteiger partial charge in [0, 0.05) is 42.0 Å². The number of ether oxygens (including phenoxy) is 6. The third-order valence-electron chi connectivity index (χ3n) is 11.5. The first-order valence-electron chi connectivity index (χ1n) is 21.5. The molecule has 0 unspecified atom stereocenters. The zero-order valence-electron chi connectivity index (χ0n) is 35.8. The van der Waals surface area contributed by atoms with Gasteiger partial charge in [0.05, 0.1) is 64.4 Å². The number of hydrogen-bond donors (Lipinski definition) is 11. The van der Waals surface area contributed by atoms with Crippen molar-refractivity contribution in [2.75, 3.05) is 58.5 Å². The smallest absolute Gasteiger partial charge is 0.442 e. The highest BCUT2D eigenvalue weighted by atomic mass is 32.2. The largest absolute Gasteiger partial charge is 0.491 e. The number of alkyl halides is 3. The number of carbonyl (C=O) groups excluding carboxylic acids is 3. The van der Waals surface area contributed by atoms with Gasteiger partial charge in [-0.05, 0) is 18.9 Å². The number of carbonyl (C=O) groups is 3. The van der Waals surface area contributed by atoms with Crippen LogP contribution in [-0.4, -0.2) is 192 Å². The van der Waals surface area contributed by atoms with Crippen molar-refractivity contribution in [2.45, 2.75) is 130 Å². The van der Waals surface area contributed by atoms with Crippen LogP contribution in [0.3, 0.4) is 0 Å². The third kappa shape index (κ3) is 12.9. The molecule has 1 aromatic rings. The summed E-state index contributed by atoms with van der Waals surface area (Å²) in [7, 11) is 0. The molecule has 0 radical (unpaired) electrons. The molecule has 5 heterocycles. The highest BCUT2D eigenvalue weighted by Crippen LogP contribution is 2.53. The fourth-order valence-electron chi connectivity index (χ4n) is 7.93. The number of nitrogens with one attached hydrogen (secondary N) is 5. The quantitative estimate of drug-likeness (QED) is 0.0284. The van der Waals surface area contributed by atoms with Gasteiger partial charge in [0.1, 0.15) is 55.1 Å². The van der Waals surface area contributed by atoms with Gasteiger partial charge in [-0.3, -0.25) is 14.4 Å². The van der Waals surface area contributed by atoms with Crippen LogP contribution in [0.4, 0.5) is 18.0 Å². The number of aliphatic hydroxyl groups excluding tert-OH is 6. The maximum atomic E-state index is 13.9. The molecule has 5 aliphatic heterocycles. The van der Waals surface area contributed by atoms with Gasteiger partial charge in [-0.15, -0.1) is 10.2 Å². The first-order valence-corrected chi connectivity index (χ1v) is 22.5. The molecule has 372 valence electrons. The number of rotatable bonds is 25. The monoisotopic (exact) mass is 969 g/mol. The molecule has 27 heteroatoms. The fourth-order valence-corrected chi connectivity index (χ4v) is 9.47. The summed E-state index contributed by atoms with van der Waals surface area (Å²) in [6, 6.07) is 2.39. The minimum Gasteiger partial charge on any atom is -0.491 e. The molecule has 4 fully saturated rings. The lowest BCUT2D eigenvalue weighted by Crippen LogP contribution is -2.69. The van der Waals surface area contributed by atoms with E-state index < -0.39 is 92.2 Å². The number of nitrogens with zero attached hydrogens (tertiary/aromatic N) is 2. The van der Waals surface area contributed by atoms with Crippen LogP contribution in [0, 0.1) is 0 Å².